The molecule has 0 saturated carbocycles. The molecule has 0 aliphatic carbocycles. The Morgan fingerprint density at radius 3 is 2.58 bits per heavy atom. The highest BCUT2D eigenvalue weighted by molar-refractivity contribution is 5.78. The van der Waals surface area contributed by atoms with Crippen LogP contribution in [0.25, 0.3) is 11.1 Å². The summed E-state index contributed by atoms with van der Waals surface area (Å²) in [7, 11) is 0. The number of pyridine rings is 1. The zero-order valence-electron chi connectivity index (χ0n) is 13.9. The van der Waals surface area contributed by atoms with Crippen molar-refractivity contribution in [3.8, 4) is 17.2 Å². The summed E-state index contributed by atoms with van der Waals surface area (Å²) in [5, 5.41) is 9.59. The number of hydrogen-bond donors (Lipinski definition) is 0. The number of aldehydes is 1. The van der Waals surface area contributed by atoms with E-state index in [1.807, 2.05) is 0 Å². The van der Waals surface area contributed by atoms with Gasteiger partial charge in [0.1, 0.15) is 11.6 Å². The maximum Gasteiger partial charge on any atom is 0.199 e. The number of carbonyl (C=O) groups excluding carboxylic acids is 1. The molecule has 0 unspecified atom stereocenters. The predicted octanol–water partition coefficient (Wildman–Crippen LogP) is 2.93. The first-order valence-electron chi connectivity index (χ1n) is 8.12. The lowest BCUT2D eigenvalue weighted by atomic mass is 9.81. The average molecular weight is 358 g/mol. The Balaban J connectivity index is 2.09. The summed E-state index contributed by atoms with van der Waals surface area (Å²) in [5.74, 6) is -1.65. The predicted molar refractivity (Wildman–Crippen MR) is 89.5 cm³/mol. The van der Waals surface area contributed by atoms with Crippen LogP contribution in [0.5, 0.6) is 0 Å². The number of halogens is 2. The first-order chi connectivity index (χ1) is 12.5. The van der Waals surface area contributed by atoms with Crippen LogP contribution in [-0.4, -0.2) is 24.1 Å². The molecule has 1 aliphatic rings. The van der Waals surface area contributed by atoms with E-state index in [0.29, 0.717) is 38.4 Å². The molecule has 1 aromatic carbocycles. The van der Waals surface area contributed by atoms with E-state index < -0.39 is 22.5 Å². The van der Waals surface area contributed by atoms with E-state index in [0.717, 1.165) is 12.1 Å². The van der Waals surface area contributed by atoms with Gasteiger partial charge >= 0.3 is 0 Å². The summed E-state index contributed by atoms with van der Waals surface area (Å²) in [6.45, 7) is 1.14. The highest BCUT2D eigenvalue weighted by Gasteiger charge is 2.33. The first kappa shape index (κ1) is 18.0. The number of nitrogens with zero attached hydrogens (tertiary/aromatic N) is 2. The molecule has 0 amide bonds. The SMILES string of the molecule is N#CC1(Cn2cc(C=O)c(=O)c(-c3ccc(F)cc3F)c2)CCOCC1. The monoisotopic (exact) mass is 358 g/mol. The third kappa shape index (κ3) is 3.41. The fraction of sp³-hybridized carbons (Fsp3) is 0.316. The molecule has 3 rings (SSSR count). The van der Waals surface area contributed by atoms with Crippen molar-refractivity contribution in [1.82, 2.24) is 4.57 Å². The van der Waals surface area contributed by atoms with Crippen molar-refractivity contribution in [3.63, 3.8) is 0 Å². The third-order valence-electron chi connectivity index (χ3n) is 4.63. The van der Waals surface area contributed by atoms with Crippen LogP contribution in [0.1, 0.15) is 23.2 Å². The summed E-state index contributed by atoms with van der Waals surface area (Å²) in [6.07, 6.45) is 4.19. The minimum Gasteiger partial charge on any atom is -0.381 e. The Hall–Kier alpha value is -2.85. The van der Waals surface area contributed by atoms with E-state index in [2.05, 4.69) is 6.07 Å². The van der Waals surface area contributed by atoms with Crippen LogP contribution < -0.4 is 5.43 Å². The van der Waals surface area contributed by atoms with Crippen molar-refractivity contribution < 1.29 is 18.3 Å². The summed E-state index contributed by atoms with van der Waals surface area (Å²) >= 11 is 0. The van der Waals surface area contributed by atoms with Crippen LogP contribution in [-0.2, 0) is 11.3 Å². The first-order valence-corrected chi connectivity index (χ1v) is 8.12. The van der Waals surface area contributed by atoms with E-state index in [4.69, 9.17) is 4.74 Å². The van der Waals surface area contributed by atoms with Gasteiger partial charge in [-0.3, -0.25) is 9.59 Å². The van der Waals surface area contributed by atoms with Crippen LogP contribution in [0.4, 0.5) is 8.78 Å². The molecule has 7 heteroatoms. The molecule has 0 bridgehead atoms. The van der Waals surface area contributed by atoms with Crippen LogP contribution in [0.15, 0.2) is 35.4 Å². The molecule has 1 aromatic heterocycles. The fourth-order valence-corrected chi connectivity index (χ4v) is 3.15. The highest BCUT2D eigenvalue weighted by atomic mass is 19.1. The van der Waals surface area contributed by atoms with Crippen molar-refractivity contribution >= 4 is 6.29 Å². The average Bonchev–Trinajstić information content (AvgIpc) is 2.64. The van der Waals surface area contributed by atoms with Gasteiger partial charge in [-0.1, -0.05) is 0 Å². The number of hydrogen-bond acceptors (Lipinski definition) is 4. The zero-order valence-corrected chi connectivity index (χ0v) is 13.9. The number of ether oxygens (including phenoxy) is 1. The summed E-state index contributed by atoms with van der Waals surface area (Å²) in [4.78, 5) is 23.7. The minimum absolute atomic E-state index is 0.0488. The summed E-state index contributed by atoms with van der Waals surface area (Å²) < 4.78 is 34.2. The highest BCUT2D eigenvalue weighted by Crippen LogP contribution is 2.32. The van der Waals surface area contributed by atoms with Gasteiger partial charge in [0.15, 0.2) is 11.7 Å². The fourth-order valence-electron chi connectivity index (χ4n) is 3.15. The van der Waals surface area contributed by atoms with Crippen molar-refractivity contribution in [2.45, 2.75) is 19.4 Å². The van der Waals surface area contributed by atoms with Gasteiger partial charge in [-0.25, -0.2) is 8.78 Å². The smallest absolute Gasteiger partial charge is 0.199 e. The molecule has 0 radical (unpaired) electrons. The van der Waals surface area contributed by atoms with Gasteiger partial charge < -0.3 is 9.30 Å². The Morgan fingerprint density at radius 2 is 1.96 bits per heavy atom. The second-order valence-corrected chi connectivity index (χ2v) is 6.38. The van der Waals surface area contributed by atoms with Gasteiger partial charge in [0, 0.05) is 49.3 Å². The van der Waals surface area contributed by atoms with Crippen LogP contribution in [0.2, 0.25) is 0 Å². The molecule has 26 heavy (non-hydrogen) atoms. The quantitative estimate of drug-likeness (QED) is 0.788. The molecule has 2 heterocycles. The second-order valence-electron chi connectivity index (χ2n) is 6.38. The normalized spacial score (nSPS) is 16.0. The number of carbonyl (C=O) groups is 1. The Bertz CT molecular complexity index is 941. The molecular formula is C19H16F2N2O3. The molecule has 0 N–H and O–H groups in total. The standard InChI is InChI=1S/C19H16F2N2O3/c20-14-1-2-15(17(21)7-14)16-9-23(8-13(10-24)18(16)25)12-19(11-22)3-5-26-6-4-19/h1-2,7-10H,3-6,12H2. The largest absolute Gasteiger partial charge is 0.381 e. The van der Waals surface area contributed by atoms with E-state index in [9.17, 15) is 23.6 Å². The molecule has 2 aromatic rings. The maximum atomic E-state index is 14.1. The Morgan fingerprint density at radius 1 is 1.23 bits per heavy atom. The molecule has 1 saturated heterocycles. The molecule has 0 atom stereocenters. The van der Waals surface area contributed by atoms with Crippen LogP contribution in [0, 0.1) is 28.4 Å². The summed E-state index contributed by atoms with van der Waals surface area (Å²) in [5.41, 5.74) is -1.61. The lowest BCUT2D eigenvalue weighted by Crippen LogP contribution is -2.33. The van der Waals surface area contributed by atoms with E-state index in [-0.39, 0.29) is 23.2 Å². The van der Waals surface area contributed by atoms with Crippen molar-refractivity contribution in [2.24, 2.45) is 5.41 Å². The maximum absolute atomic E-state index is 14.1. The van der Waals surface area contributed by atoms with E-state index in [1.165, 1.54) is 12.4 Å². The second kappa shape index (κ2) is 7.18. The van der Waals surface area contributed by atoms with Gasteiger partial charge in [-0.05, 0) is 25.0 Å². The number of aromatic nitrogens is 1. The van der Waals surface area contributed by atoms with Crippen LogP contribution >= 0.6 is 0 Å². The van der Waals surface area contributed by atoms with Crippen molar-refractivity contribution in [3.05, 3.63) is 58.0 Å². The van der Waals surface area contributed by atoms with Gasteiger partial charge in [0.2, 0.25) is 0 Å². The topological polar surface area (TPSA) is 72.1 Å². The van der Waals surface area contributed by atoms with Gasteiger partial charge in [-0.2, -0.15) is 5.26 Å². The molecule has 1 fully saturated rings. The number of rotatable bonds is 4. The molecule has 1 aliphatic heterocycles. The zero-order chi connectivity index (χ0) is 18.7. The Labute approximate surface area is 148 Å². The van der Waals surface area contributed by atoms with Crippen molar-refractivity contribution in [1.29, 1.82) is 5.26 Å². The molecule has 134 valence electrons. The Kier molecular flexibility index (Phi) is 4.96. The van der Waals surface area contributed by atoms with Gasteiger partial charge in [0.25, 0.3) is 0 Å². The van der Waals surface area contributed by atoms with E-state index >= 15 is 0 Å². The minimum atomic E-state index is -0.891. The third-order valence-corrected chi connectivity index (χ3v) is 4.63. The molecule has 5 nitrogen and oxygen atoms in total. The number of nitriles is 1. The molecular weight excluding hydrogens is 342 g/mol. The van der Waals surface area contributed by atoms with Crippen LogP contribution in [0.3, 0.4) is 0 Å². The lowest BCUT2D eigenvalue weighted by molar-refractivity contribution is 0.0332. The number of benzene rings is 1. The van der Waals surface area contributed by atoms with Gasteiger partial charge in [-0.15, -0.1) is 0 Å². The van der Waals surface area contributed by atoms with E-state index in [1.54, 1.807) is 4.57 Å². The lowest BCUT2D eigenvalue weighted by Gasteiger charge is -2.31. The van der Waals surface area contributed by atoms with Crippen molar-refractivity contribution in [2.75, 3.05) is 13.2 Å². The van der Waals surface area contributed by atoms with Gasteiger partial charge in [0.05, 0.1) is 17.0 Å². The summed E-state index contributed by atoms with van der Waals surface area (Å²) in [6, 6.07) is 5.20. The molecule has 0 spiro atoms.